The van der Waals surface area contributed by atoms with Gasteiger partial charge in [0, 0.05) is 6.07 Å². The molecule has 11 heteroatoms. The van der Waals surface area contributed by atoms with E-state index in [1.165, 1.54) is 18.2 Å². The van der Waals surface area contributed by atoms with Crippen molar-refractivity contribution in [1.82, 2.24) is 0 Å². The predicted octanol–water partition coefficient (Wildman–Crippen LogP) is 4.02. The van der Waals surface area contributed by atoms with Gasteiger partial charge in [-0.25, -0.2) is 22.0 Å². The number of nitrogens with one attached hydrogen (secondary N) is 1. The monoisotopic (exact) mass is 378 g/mol. The molecule has 2 aromatic rings. The number of benzene rings is 2. The second-order valence-corrected chi connectivity index (χ2v) is 5.50. The summed E-state index contributed by atoms with van der Waals surface area (Å²) in [5.41, 5.74) is -0.590. The van der Waals surface area contributed by atoms with E-state index in [0.717, 1.165) is 6.07 Å². The fraction of sp³-hybridized carbons (Fsp3) is 0.0714. The van der Waals surface area contributed by atoms with Gasteiger partial charge in [-0.3, -0.25) is 14.9 Å². The van der Waals surface area contributed by atoms with Crippen LogP contribution >= 0.6 is 11.8 Å². The van der Waals surface area contributed by atoms with E-state index < -0.39 is 56.3 Å². The molecule has 1 N–H and O–H groups in total. The summed E-state index contributed by atoms with van der Waals surface area (Å²) in [5, 5.41) is 12.9. The van der Waals surface area contributed by atoms with E-state index in [1.54, 1.807) is 0 Å². The quantitative estimate of drug-likeness (QED) is 0.213. The van der Waals surface area contributed by atoms with Crippen molar-refractivity contribution in [2.75, 3.05) is 11.1 Å². The van der Waals surface area contributed by atoms with Crippen LogP contribution in [0.3, 0.4) is 0 Å². The van der Waals surface area contributed by atoms with Crippen molar-refractivity contribution < 1.29 is 31.7 Å². The molecule has 0 atom stereocenters. The van der Waals surface area contributed by atoms with Crippen LogP contribution in [0.15, 0.2) is 29.2 Å². The number of hydrogen-bond acceptors (Lipinski definition) is 4. The molecule has 0 spiro atoms. The van der Waals surface area contributed by atoms with Crippen molar-refractivity contribution in [2.45, 2.75) is 4.90 Å². The highest BCUT2D eigenvalue weighted by Crippen LogP contribution is 2.31. The third-order valence-corrected chi connectivity index (χ3v) is 3.95. The summed E-state index contributed by atoms with van der Waals surface area (Å²) in [4.78, 5) is 20.6. The second-order valence-electron chi connectivity index (χ2n) is 4.51. The zero-order chi connectivity index (χ0) is 18.7. The molecular weight excluding hydrogens is 371 g/mol. The highest BCUT2D eigenvalue weighted by atomic mass is 32.2. The Morgan fingerprint density at radius 2 is 1.52 bits per heavy atom. The molecule has 132 valence electrons. The lowest BCUT2D eigenvalue weighted by atomic mass is 10.2. The summed E-state index contributed by atoms with van der Waals surface area (Å²) in [6, 6.07) is 5.10. The lowest BCUT2D eigenvalue weighted by molar-refractivity contribution is -0.383. The summed E-state index contributed by atoms with van der Waals surface area (Å²) in [7, 11) is 0. The first-order valence-corrected chi connectivity index (χ1v) is 7.40. The predicted molar refractivity (Wildman–Crippen MR) is 78.7 cm³/mol. The molecule has 25 heavy (non-hydrogen) atoms. The molecule has 0 unspecified atom stereocenters. The average molecular weight is 378 g/mol. The Labute approximate surface area is 141 Å². The van der Waals surface area contributed by atoms with Crippen LogP contribution in [-0.4, -0.2) is 16.6 Å². The van der Waals surface area contributed by atoms with Crippen LogP contribution in [0.1, 0.15) is 0 Å². The van der Waals surface area contributed by atoms with Crippen LogP contribution in [0.2, 0.25) is 0 Å². The molecular formula is C14H7F5N2O3S. The molecule has 0 radical (unpaired) electrons. The molecule has 0 aliphatic carbocycles. The molecule has 1 amide bonds. The average Bonchev–Trinajstić information content (AvgIpc) is 2.58. The van der Waals surface area contributed by atoms with E-state index in [2.05, 4.69) is 5.32 Å². The maximum absolute atomic E-state index is 13.5. The maximum atomic E-state index is 13.5. The van der Waals surface area contributed by atoms with Gasteiger partial charge in [-0.15, -0.1) is 11.8 Å². The SMILES string of the molecule is O=C(CSc1c(F)c(F)c(F)c(F)c1F)Nc1ccccc1[N+](=O)[O-]. The highest BCUT2D eigenvalue weighted by Gasteiger charge is 2.26. The molecule has 2 aromatic carbocycles. The second kappa shape index (κ2) is 7.47. The van der Waals surface area contributed by atoms with Gasteiger partial charge in [0.25, 0.3) is 5.69 Å². The number of nitro benzene ring substituents is 1. The van der Waals surface area contributed by atoms with Crippen molar-refractivity contribution in [1.29, 1.82) is 0 Å². The van der Waals surface area contributed by atoms with Crippen LogP contribution in [0.4, 0.5) is 33.3 Å². The van der Waals surface area contributed by atoms with Crippen molar-refractivity contribution in [2.24, 2.45) is 0 Å². The van der Waals surface area contributed by atoms with Crippen molar-refractivity contribution >= 4 is 29.0 Å². The molecule has 0 aromatic heterocycles. The van der Waals surface area contributed by atoms with E-state index in [9.17, 15) is 36.9 Å². The minimum Gasteiger partial charge on any atom is -0.320 e. The Morgan fingerprint density at radius 1 is 1.00 bits per heavy atom. The zero-order valence-electron chi connectivity index (χ0n) is 12.0. The number of rotatable bonds is 5. The lowest BCUT2D eigenvalue weighted by Crippen LogP contribution is -2.15. The lowest BCUT2D eigenvalue weighted by Gasteiger charge is -2.08. The molecule has 0 aliphatic heterocycles. The Hall–Kier alpha value is -2.69. The number of carbonyl (C=O) groups excluding carboxylic acids is 1. The van der Waals surface area contributed by atoms with Crippen LogP contribution in [0.5, 0.6) is 0 Å². The number of nitrogens with zero attached hydrogens (tertiary/aromatic N) is 1. The summed E-state index contributed by atoms with van der Waals surface area (Å²) in [5.74, 6) is -12.3. The number of para-hydroxylation sites is 2. The molecule has 0 saturated carbocycles. The molecule has 0 aliphatic rings. The van der Waals surface area contributed by atoms with Crippen molar-refractivity contribution in [3.63, 3.8) is 0 Å². The molecule has 5 nitrogen and oxygen atoms in total. The number of thioether (sulfide) groups is 1. The minimum absolute atomic E-state index is 0.0737. The van der Waals surface area contributed by atoms with Crippen molar-refractivity contribution in [3.05, 3.63) is 63.5 Å². The first kappa shape index (κ1) is 18.6. The van der Waals surface area contributed by atoms with E-state index in [4.69, 9.17) is 0 Å². The fourth-order valence-corrected chi connectivity index (χ4v) is 2.55. The normalized spacial score (nSPS) is 10.6. The van der Waals surface area contributed by atoms with Gasteiger partial charge < -0.3 is 5.32 Å². The third kappa shape index (κ3) is 3.87. The van der Waals surface area contributed by atoms with E-state index in [1.807, 2.05) is 0 Å². The molecule has 0 fully saturated rings. The van der Waals surface area contributed by atoms with Crippen LogP contribution in [-0.2, 0) is 4.79 Å². The largest absolute Gasteiger partial charge is 0.320 e. The summed E-state index contributed by atoms with van der Waals surface area (Å²) < 4.78 is 66.0. The number of nitro groups is 1. The standard InChI is InChI=1S/C14H7F5N2O3S/c15-9-10(16)12(18)14(13(19)11(9)17)25-5-8(22)20-6-3-1-2-4-7(6)21(23)24/h1-4H,5H2,(H,20,22). The molecule has 2 rings (SSSR count). The number of halogens is 5. The van der Waals surface area contributed by atoms with Gasteiger partial charge in [0.15, 0.2) is 23.3 Å². The van der Waals surface area contributed by atoms with Gasteiger partial charge in [-0.05, 0) is 6.07 Å². The highest BCUT2D eigenvalue weighted by molar-refractivity contribution is 8.00. The van der Waals surface area contributed by atoms with Gasteiger partial charge in [0.1, 0.15) is 5.69 Å². The minimum atomic E-state index is -2.30. The number of anilines is 1. The smallest absolute Gasteiger partial charge is 0.292 e. The van der Waals surface area contributed by atoms with E-state index in [-0.39, 0.29) is 17.4 Å². The fourth-order valence-electron chi connectivity index (χ4n) is 1.77. The van der Waals surface area contributed by atoms with Gasteiger partial charge in [-0.2, -0.15) is 0 Å². The topological polar surface area (TPSA) is 72.2 Å². The Balaban J connectivity index is 2.16. The van der Waals surface area contributed by atoms with Gasteiger partial charge >= 0.3 is 0 Å². The first-order chi connectivity index (χ1) is 11.7. The number of hydrogen-bond donors (Lipinski definition) is 1. The zero-order valence-corrected chi connectivity index (χ0v) is 12.8. The summed E-state index contributed by atoms with van der Waals surface area (Å²) >= 11 is 0.0737. The van der Waals surface area contributed by atoms with Crippen LogP contribution < -0.4 is 5.32 Å². The van der Waals surface area contributed by atoms with E-state index >= 15 is 0 Å². The van der Waals surface area contributed by atoms with Gasteiger partial charge in [-0.1, -0.05) is 12.1 Å². The van der Waals surface area contributed by atoms with Crippen LogP contribution in [0, 0.1) is 39.2 Å². The third-order valence-electron chi connectivity index (χ3n) is 2.89. The molecule has 0 heterocycles. The Kier molecular flexibility index (Phi) is 5.57. The van der Waals surface area contributed by atoms with Gasteiger partial charge in [0.05, 0.1) is 15.6 Å². The Morgan fingerprint density at radius 3 is 2.08 bits per heavy atom. The summed E-state index contributed by atoms with van der Waals surface area (Å²) in [6.07, 6.45) is 0. The number of carbonyl (C=O) groups is 1. The first-order valence-electron chi connectivity index (χ1n) is 6.41. The van der Waals surface area contributed by atoms with Gasteiger partial charge in [0.2, 0.25) is 11.7 Å². The Bertz CT molecular complexity index is 834. The summed E-state index contributed by atoms with van der Waals surface area (Å²) in [6.45, 7) is 0. The number of amides is 1. The molecule has 0 bridgehead atoms. The van der Waals surface area contributed by atoms with Crippen LogP contribution in [0.25, 0.3) is 0 Å². The maximum Gasteiger partial charge on any atom is 0.292 e. The molecule has 0 saturated heterocycles. The van der Waals surface area contributed by atoms with Crippen molar-refractivity contribution in [3.8, 4) is 0 Å². The van der Waals surface area contributed by atoms with E-state index in [0.29, 0.717) is 0 Å².